The van der Waals surface area contributed by atoms with E-state index >= 15 is 0 Å². The molecule has 1 heterocycles. The number of hydrogen-bond acceptors (Lipinski definition) is 2. The van der Waals surface area contributed by atoms with Gasteiger partial charge in [0.1, 0.15) is 0 Å². The lowest BCUT2D eigenvalue weighted by atomic mass is 9.79. The Morgan fingerprint density at radius 1 is 1.40 bits per heavy atom. The molecule has 2 rings (SSSR count). The van der Waals surface area contributed by atoms with Crippen molar-refractivity contribution >= 4 is 11.3 Å². The van der Waals surface area contributed by atoms with Crippen molar-refractivity contribution in [3.63, 3.8) is 0 Å². The number of hydrogen-bond donors (Lipinski definition) is 1. The molecule has 1 aromatic heterocycles. The van der Waals surface area contributed by atoms with Crippen LogP contribution in [0.5, 0.6) is 0 Å². The van der Waals surface area contributed by atoms with Gasteiger partial charge in [-0.2, -0.15) is 0 Å². The van der Waals surface area contributed by atoms with Crippen LogP contribution in [0.3, 0.4) is 0 Å². The van der Waals surface area contributed by atoms with Crippen molar-refractivity contribution in [1.82, 2.24) is 5.32 Å². The van der Waals surface area contributed by atoms with E-state index in [1.54, 1.807) is 4.88 Å². The Hall–Kier alpha value is -0.340. The van der Waals surface area contributed by atoms with Gasteiger partial charge in [0.25, 0.3) is 0 Å². The molecule has 0 amide bonds. The molecule has 0 radical (unpaired) electrons. The lowest BCUT2D eigenvalue weighted by molar-refractivity contribution is 0.302. The predicted octanol–water partition coefficient (Wildman–Crippen LogP) is 3.63. The molecule has 0 saturated heterocycles. The van der Waals surface area contributed by atoms with E-state index in [-0.39, 0.29) is 0 Å². The smallest absolute Gasteiger partial charge is 0.00916 e. The van der Waals surface area contributed by atoms with E-state index in [0.29, 0.717) is 0 Å². The summed E-state index contributed by atoms with van der Waals surface area (Å²) in [6.07, 6.45) is 7.20. The first-order valence-electron chi connectivity index (χ1n) is 6.10. The van der Waals surface area contributed by atoms with Gasteiger partial charge in [-0.25, -0.2) is 0 Å². The van der Waals surface area contributed by atoms with Gasteiger partial charge in [0.2, 0.25) is 0 Å². The molecule has 1 fully saturated rings. The minimum absolute atomic E-state index is 0.760. The maximum Gasteiger partial charge on any atom is 0.00916 e. The summed E-state index contributed by atoms with van der Waals surface area (Å²) in [6, 6.07) is 4.49. The fraction of sp³-hybridized carbons (Fsp3) is 0.692. The summed E-state index contributed by atoms with van der Waals surface area (Å²) in [5.41, 5.74) is 0. The van der Waals surface area contributed by atoms with Gasteiger partial charge >= 0.3 is 0 Å². The minimum atomic E-state index is 0.760. The molecule has 0 bridgehead atoms. The molecule has 15 heavy (non-hydrogen) atoms. The van der Waals surface area contributed by atoms with E-state index in [1.807, 2.05) is 11.3 Å². The van der Waals surface area contributed by atoms with Gasteiger partial charge in [0.15, 0.2) is 0 Å². The molecule has 1 aliphatic rings. The normalized spacial score (nSPS) is 20.3. The molecule has 1 saturated carbocycles. The lowest BCUT2D eigenvalue weighted by Crippen LogP contribution is -2.25. The molecule has 1 unspecified atom stereocenters. The summed E-state index contributed by atoms with van der Waals surface area (Å²) in [5.74, 6) is 1.68. The molecular formula is C13H21NS. The Kier molecular flexibility index (Phi) is 4.21. The molecular weight excluding hydrogens is 202 g/mol. The molecule has 1 aliphatic carbocycles. The number of likely N-dealkylation sites (N-methyl/N-ethyl adjacent to an activating group) is 1. The first-order chi connectivity index (χ1) is 7.42. The molecule has 1 N–H and O–H groups in total. The van der Waals surface area contributed by atoms with Crippen LogP contribution in [0.2, 0.25) is 0 Å². The Bertz CT molecular complexity index is 262. The van der Waals surface area contributed by atoms with Crippen LogP contribution in [0.4, 0.5) is 0 Å². The zero-order chi connectivity index (χ0) is 10.5. The number of nitrogens with one attached hydrogen (secondary N) is 1. The summed E-state index contributed by atoms with van der Waals surface area (Å²) in [7, 11) is 2.07. The topological polar surface area (TPSA) is 12.0 Å². The minimum Gasteiger partial charge on any atom is -0.319 e. The van der Waals surface area contributed by atoms with Crippen molar-refractivity contribution in [2.75, 3.05) is 13.6 Å². The number of thiophene rings is 1. The summed E-state index contributed by atoms with van der Waals surface area (Å²) < 4.78 is 0. The van der Waals surface area contributed by atoms with Gasteiger partial charge in [-0.15, -0.1) is 11.3 Å². The van der Waals surface area contributed by atoms with Gasteiger partial charge in [0.05, 0.1) is 0 Å². The summed E-state index contributed by atoms with van der Waals surface area (Å²) in [6.45, 7) is 1.14. The highest BCUT2D eigenvalue weighted by Crippen LogP contribution is 2.37. The van der Waals surface area contributed by atoms with Crippen molar-refractivity contribution in [3.8, 4) is 0 Å². The van der Waals surface area contributed by atoms with Gasteiger partial charge < -0.3 is 5.32 Å². The van der Waals surface area contributed by atoms with Crippen LogP contribution in [-0.4, -0.2) is 13.6 Å². The predicted molar refractivity (Wildman–Crippen MR) is 67.6 cm³/mol. The third kappa shape index (κ3) is 2.82. The van der Waals surface area contributed by atoms with Crippen LogP contribution in [-0.2, 0) is 0 Å². The van der Waals surface area contributed by atoms with Gasteiger partial charge in [-0.3, -0.25) is 0 Å². The average molecular weight is 223 g/mol. The van der Waals surface area contributed by atoms with Crippen LogP contribution in [0.25, 0.3) is 0 Å². The molecule has 1 aromatic rings. The van der Waals surface area contributed by atoms with Crippen LogP contribution >= 0.6 is 11.3 Å². The highest BCUT2D eigenvalue weighted by atomic mass is 32.1. The van der Waals surface area contributed by atoms with Crippen molar-refractivity contribution in [1.29, 1.82) is 0 Å². The SMILES string of the molecule is CNCC(c1cccs1)C1CCCCC1. The van der Waals surface area contributed by atoms with E-state index in [4.69, 9.17) is 0 Å². The monoisotopic (exact) mass is 223 g/mol. The molecule has 0 spiro atoms. The van der Waals surface area contributed by atoms with Crippen molar-refractivity contribution in [2.24, 2.45) is 5.92 Å². The second-order valence-corrected chi connectivity index (χ2v) is 5.56. The standard InChI is InChI=1S/C13H21NS/c1-14-10-12(13-8-5-9-15-13)11-6-3-2-4-7-11/h5,8-9,11-12,14H,2-4,6-7,10H2,1H3. The molecule has 84 valence electrons. The van der Waals surface area contributed by atoms with Crippen LogP contribution in [0.1, 0.15) is 42.9 Å². The van der Waals surface area contributed by atoms with Crippen molar-refractivity contribution < 1.29 is 0 Å². The fourth-order valence-corrected chi connectivity index (χ4v) is 3.68. The van der Waals surface area contributed by atoms with Gasteiger partial charge in [0, 0.05) is 17.3 Å². The molecule has 1 nitrogen and oxygen atoms in total. The second kappa shape index (κ2) is 5.66. The van der Waals surface area contributed by atoms with E-state index in [9.17, 15) is 0 Å². The molecule has 2 heteroatoms. The third-order valence-corrected chi connectivity index (χ3v) is 4.56. The van der Waals surface area contributed by atoms with Crippen LogP contribution in [0, 0.1) is 5.92 Å². The fourth-order valence-electron chi connectivity index (χ4n) is 2.76. The highest BCUT2D eigenvalue weighted by molar-refractivity contribution is 7.10. The Morgan fingerprint density at radius 2 is 2.20 bits per heavy atom. The average Bonchev–Trinajstić information content (AvgIpc) is 2.80. The Morgan fingerprint density at radius 3 is 2.80 bits per heavy atom. The molecule has 1 atom stereocenters. The van der Waals surface area contributed by atoms with E-state index < -0.39 is 0 Å². The van der Waals surface area contributed by atoms with Crippen LogP contribution in [0.15, 0.2) is 17.5 Å². The zero-order valence-electron chi connectivity index (χ0n) is 9.54. The maximum atomic E-state index is 3.36. The van der Waals surface area contributed by atoms with Gasteiger partial charge in [-0.1, -0.05) is 25.3 Å². The van der Waals surface area contributed by atoms with Gasteiger partial charge in [-0.05, 0) is 37.3 Å². The second-order valence-electron chi connectivity index (χ2n) is 4.58. The lowest BCUT2D eigenvalue weighted by Gasteiger charge is -2.29. The summed E-state index contributed by atoms with van der Waals surface area (Å²) in [5, 5.41) is 5.57. The highest BCUT2D eigenvalue weighted by Gasteiger charge is 2.24. The largest absolute Gasteiger partial charge is 0.319 e. The molecule has 0 aliphatic heterocycles. The zero-order valence-corrected chi connectivity index (χ0v) is 10.4. The first kappa shape index (κ1) is 11.2. The van der Waals surface area contributed by atoms with E-state index in [1.165, 1.54) is 32.1 Å². The third-order valence-electron chi connectivity index (χ3n) is 3.55. The van der Waals surface area contributed by atoms with Crippen LogP contribution < -0.4 is 5.32 Å². The summed E-state index contributed by atoms with van der Waals surface area (Å²) >= 11 is 1.92. The maximum absolute atomic E-state index is 3.36. The van der Waals surface area contributed by atoms with E-state index in [2.05, 4.69) is 29.9 Å². The quantitative estimate of drug-likeness (QED) is 0.822. The summed E-state index contributed by atoms with van der Waals surface area (Å²) in [4.78, 5) is 1.58. The Balaban J connectivity index is 2.04. The van der Waals surface area contributed by atoms with Crippen molar-refractivity contribution in [2.45, 2.75) is 38.0 Å². The number of rotatable bonds is 4. The molecule has 0 aromatic carbocycles. The van der Waals surface area contributed by atoms with E-state index in [0.717, 1.165) is 18.4 Å². The van der Waals surface area contributed by atoms with Crippen molar-refractivity contribution in [3.05, 3.63) is 22.4 Å². The Labute approximate surface area is 96.9 Å². The first-order valence-corrected chi connectivity index (χ1v) is 6.98.